The summed E-state index contributed by atoms with van der Waals surface area (Å²) in [6.07, 6.45) is 1.82. The van der Waals surface area contributed by atoms with Crippen molar-refractivity contribution in [2.45, 2.75) is 54.4 Å². The Morgan fingerprint density at radius 1 is 0.426 bits per heavy atom. The predicted molar refractivity (Wildman–Crippen MR) is 291 cm³/mol. The minimum Gasteiger partial charge on any atom is -0.321 e. The number of nitrogens with one attached hydrogen (secondary N) is 2. The molecule has 0 unspecified atom stereocenters. The number of benzene rings is 8. The zero-order valence-corrected chi connectivity index (χ0v) is 41.4. The molecule has 0 aromatic heterocycles. The smallest absolute Gasteiger partial charge is 0.255 e. The Labute approximate surface area is 404 Å². The van der Waals surface area contributed by atoms with Gasteiger partial charge < -0.3 is 10.6 Å². The van der Waals surface area contributed by atoms with Crippen molar-refractivity contribution in [1.82, 2.24) is 0 Å². The molecule has 10 rings (SSSR count). The number of allylic oxidation sites excluding steroid dienone is 2. The molecule has 6 heteroatoms. The molecule has 0 saturated carbocycles. The van der Waals surface area contributed by atoms with Crippen LogP contribution in [0, 0.1) is 39.5 Å². The highest BCUT2D eigenvalue weighted by atomic mass is 31.1. The number of hydrogen-bond donors (Lipinski definition) is 2. The molecule has 336 valence electrons. The van der Waals surface area contributed by atoms with Gasteiger partial charge in [0.2, 0.25) is 0 Å². The zero-order chi connectivity index (χ0) is 47.1. The molecule has 8 aromatic carbocycles. The summed E-state index contributed by atoms with van der Waals surface area (Å²) in [5, 5.41) is 14.0. The first-order valence-corrected chi connectivity index (χ1v) is 26.4. The molecule has 2 N–H and O–H groups in total. The number of anilines is 2. The summed E-state index contributed by atoms with van der Waals surface area (Å²) in [6.45, 7) is 13.3. The van der Waals surface area contributed by atoms with E-state index in [-0.39, 0.29) is 23.7 Å². The number of hydrogen-bond acceptors (Lipinski definition) is 2. The normalized spacial score (nSPS) is 16.2. The van der Waals surface area contributed by atoms with Crippen molar-refractivity contribution in [2.75, 3.05) is 10.6 Å². The number of rotatable bonds is 10. The van der Waals surface area contributed by atoms with Crippen molar-refractivity contribution < 1.29 is 9.59 Å². The fourth-order valence-electron chi connectivity index (χ4n) is 10.9. The second-order valence-corrected chi connectivity index (χ2v) is 22.8. The van der Waals surface area contributed by atoms with Gasteiger partial charge in [-0.2, -0.15) is 0 Å². The van der Waals surface area contributed by atoms with Gasteiger partial charge in [-0.1, -0.05) is 172 Å². The van der Waals surface area contributed by atoms with Gasteiger partial charge in [0.15, 0.2) is 0 Å². The number of fused-ring (bicyclic) bond motifs is 2. The Morgan fingerprint density at radius 3 is 1.04 bits per heavy atom. The molecule has 0 saturated heterocycles. The molecular weight excluding hydrogens is 867 g/mol. The van der Waals surface area contributed by atoms with Crippen LogP contribution >= 0.6 is 15.8 Å². The molecule has 2 amide bonds. The van der Waals surface area contributed by atoms with Gasteiger partial charge in [-0.3, -0.25) is 9.59 Å². The number of carbonyl (C=O) groups excluding carboxylic acids is 2. The molecular formula is C62H56N2O2P2. The van der Waals surface area contributed by atoms with E-state index < -0.39 is 15.8 Å². The number of aryl methyl sites for hydroxylation is 2. The van der Waals surface area contributed by atoms with Gasteiger partial charge in [-0.05, 0) is 169 Å². The highest BCUT2D eigenvalue weighted by Gasteiger charge is 2.38. The van der Waals surface area contributed by atoms with Crippen LogP contribution in [0.15, 0.2) is 182 Å². The lowest BCUT2D eigenvalue weighted by Crippen LogP contribution is -2.25. The van der Waals surface area contributed by atoms with Crippen LogP contribution in [0.2, 0.25) is 0 Å². The summed E-state index contributed by atoms with van der Waals surface area (Å²) < 4.78 is 0. The SMILES string of the molecule is Cc1cc(C(=O)Nc2ccccc2P(c2ccccc2)c2ccccc2)c(C)c2c1C[C@@H](C)/C2=C1/c2c(C)c(C(=O)Nc3ccccc3P(c3ccccc3)c3ccccc3)cc(C)c2C[C@H]1C. The van der Waals surface area contributed by atoms with E-state index >= 15 is 0 Å². The van der Waals surface area contributed by atoms with Crippen LogP contribution in [0.5, 0.6) is 0 Å². The Bertz CT molecular complexity index is 2940. The molecule has 8 aromatic rings. The third-order valence-corrected chi connectivity index (χ3v) is 19.0. The van der Waals surface area contributed by atoms with Gasteiger partial charge in [0.1, 0.15) is 0 Å². The summed E-state index contributed by atoms with van der Waals surface area (Å²) in [5.41, 5.74) is 15.0. The summed E-state index contributed by atoms with van der Waals surface area (Å²) in [7, 11) is -1.87. The average Bonchev–Trinajstić information content (AvgIpc) is 3.90. The molecule has 4 nitrogen and oxygen atoms in total. The topological polar surface area (TPSA) is 58.2 Å². The lowest BCUT2D eigenvalue weighted by Gasteiger charge is -2.24. The minimum atomic E-state index is -0.936. The van der Waals surface area contributed by atoms with Gasteiger partial charge >= 0.3 is 0 Å². The third-order valence-electron chi connectivity index (χ3n) is 14.0. The Morgan fingerprint density at radius 2 is 0.721 bits per heavy atom. The van der Waals surface area contributed by atoms with E-state index in [4.69, 9.17) is 0 Å². The van der Waals surface area contributed by atoms with Gasteiger partial charge in [0, 0.05) is 33.1 Å². The summed E-state index contributed by atoms with van der Waals surface area (Å²) in [6, 6.07) is 63.3. The van der Waals surface area contributed by atoms with Gasteiger partial charge in [0.05, 0.1) is 0 Å². The van der Waals surface area contributed by atoms with E-state index in [1.807, 2.05) is 24.3 Å². The van der Waals surface area contributed by atoms with Gasteiger partial charge in [-0.15, -0.1) is 0 Å². The average molecular weight is 923 g/mol. The first-order valence-electron chi connectivity index (χ1n) is 23.7. The number of carbonyl (C=O) groups is 2. The maximum absolute atomic E-state index is 14.8. The monoisotopic (exact) mass is 922 g/mol. The predicted octanol–water partition coefficient (Wildman–Crippen LogP) is 12.2. The van der Waals surface area contributed by atoms with Crippen molar-refractivity contribution in [2.24, 2.45) is 11.8 Å². The standard InChI is InChI=1S/C62H56N2O2P2/c1-39-35-51(61(65)63-53-31-19-21-33-55(53)67(45-23-11-7-12-24-45)46-25-13-8-14-26-46)43(5)59-49(39)37-41(3)57(59)58-42(4)38-50-40(2)36-52(44(6)60(50)58)62(66)64-54-32-20-22-34-56(54)68(47-27-15-9-16-28-47)48-29-17-10-18-30-48/h7-36,41-42H,37-38H2,1-6H3,(H,63,65)(H,64,66)/b58-57-/t41-,42-/m1/s1. The van der Waals surface area contributed by atoms with Crippen molar-refractivity contribution in [3.8, 4) is 0 Å². The van der Waals surface area contributed by atoms with Crippen LogP contribution in [-0.4, -0.2) is 11.8 Å². The van der Waals surface area contributed by atoms with E-state index in [1.54, 1.807) is 0 Å². The second kappa shape index (κ2) is 19.1. The van der Waals surface area contributed by atoms with Crippen LogP contribution in [0.4, 0.5) is 11.4 Å². The molecule has 2 aliphatic carbocycles. The van der Waals surface area contributed by atoms with Crippen LogP contribution in [0.3, 0.4) is 0 Å². The molecule has 0 heterocycles. The first-order chi connectivity index (χ1) is 33.1. The third kappa shape index (κ3) is 8.36. The lowest BCUT2D eigenvalue weighted by molar-refractivity contribution is 0.101. The van der Waals surface area contributed by atoms with Crippen LogP contribution in [-0.2, 0) is 12.8 Å². The second-order valence-electron chi connectivity index (χ2n) is 18.4. The quantitative estimate of drug-likeness (QED) is 0.134. The van der Waals surface area contributed by atoms with E-state index in [9.17, 15) is 9.59 Å². The Balaban J connectivity index is 1.03. The van der Waals surface area contributed by atoms with Crippen molar-refractivity contribution in [1.29, 1.82) is 0 Å². The molecule has 0 radical (unpaired) electrons. The number of amides is 2. The van der Waals surface area contributed by atoms with Gasteiger partial charge in [-0.25, -0.2) is 0 Å². The van der Waals surface area contributed by atoms with E-state index in [1.165, 1.54) is 54.6 Å². The van der Waals surface area contributed by atoms with Crippen molar-refractivity contribution >= 4 is 82.0 Å². The van der Waals surface area contributed by atoms with Crippen LogP contribution in [0.25, 0.3) is 11.1 Å². The Hall–Kier alpha value is -6.70. The van der Waals surface area contributed by atoms with E-state index in [2.05, 4.69) is 210 Å². The Kier molecular flexibility index (Phi) is 12.7. The largest absolute Gasteiger partial charge is 0.321 e. The first kappa shape index (κ1) is 45.1. The minimum absolute atomic E-state index is 0.102. The summed E-state index contributed by atoms with van der Waals surface area (Å²) in [4.78, 5) is 29.7. The molecule has 0 fully saturated rings. The molecule has 68 heavy (non-hydrogen) atoms. The van der Waals surface area contributed by atoms with Crippen molar-refractivity contribution in [3.63, 3.8) is 0 Å². The fraction of sp³-hybridized carbons (Fsp3) is 0.161. The number of para-hydroxylation sites is 2. The lowest BCUT2D eigenvalue weighted by atomic mass is 9.83. The molecule has 2 aliphatic rings. The van der Waals surface area contributed by atoms with Crippen LogP contribution < -0.4 is 42.5 Å². The summed E-state index contributed by atoms with van der Waals surface area (Å²) >= 11 is 0. The summed E-state index contributed by atoms with van der Waals surface area (Å²) in [5.74, 6) is 0.277. The molecule has 0 bridgehead atoms. The fourth-order valence-corrected chi connectivity index (χ4v) is 15.7. The zero-order valence-electron chi connectivity index (χ0n) is 39.6. The molecule has 0 spiro atoms. The molecule has 0 aliphatic heterocycles. The maximum Gasteiger partial charge on any atom is 0.255 e. The highest BCUT2D eigenvalue weighted by Crippen LogP contribution is 2.52. The molecule has 2 atom stereocenters. The van der Waals surface area contributed by atoms with E-state index in [0.29, 0.717) is 11.1 Å². The van der Waals surface area contributed by atoms with Gasteiger partial charge in [0.25, 0.3) is 11.8 Å². The van der Waals surface area contributed by atoms with Crippen molar-refractivity contribution in [3.05, 3.63) is 238 Å². The maximum atomic E-state index is 14.8. The highest BCUT2D eigenvalue weighted by molar-refractivity contribution is 7.80. The van der Waals surface area contributed by atoms with E-state index in [0.717, 1.165) is 57.1 Å². The van der Waals surface area contributed by atoms with Crippen LogP contribution in [0.1, 0.15) is 79.1 Å².